The predicted molar refractivity (Wildman–Crippen MR) is 288 cm³/mol. The molecule has 0 aromatic heterocycles. The zero-order chi connectivity index (χ0) is 48.6. The fraction of sp³-hybridized carbons (Fsp3) is 0.721. The molecule has 0 aliphatic heterocycles. The highest BCUT2D eigenvalue weighted by molar-refractivity contribution is 5.71. The van der Waals surface area contributed by atoms with Gasteiger partial charge in [-0.05, 0) is 103 Å². The number of esters is 3. The third kappa shape index (κ3) is 53.4. The molecule has 0 radical (unpaired) electrons. The first-order valence-corrected chi connectivity index (χ1v) is 28.1. The van der Waals surface area contributed by atoms with Crippen molar-refractivity contribution >= 4 is 17.9 Å². The first kappa shape index (κ1) is 63.6. The third-order valence-electron chi connectivity index (χ3n) is 11.8. The van der Waals surface area contributed by atoms with Crippen LogP contribution in [0.2, 0.25) is 0 Å². The number of ether oxygens (including phenoxy) is 3. The van der Waals surface area contributed by atoms with Gasteiger partial charge in [0.25, 0.3) is 0 Å². The van der Waals surface area contributed by atoms with Crippen LogP contribution in [0.4, 0.5) is 0 Å². The molecule has 0 aliphatic rings. The van der Waals surface area contributed by atoms with Gasteiger partial charge in [-0.3, -0.25) is 14.4 Å². The van der Waals surface area contributed by atoms with Gasteiger partial charge in [0.05, 0.1) is 0 Å². The molecule has 6 nitrogen and oxygen atoms in total. The lowest BCUT2D eigenvalue weighted by Gasteiger charge is -2.18. The monoisotopic (exact) mass is 933 g/mol. The summed E-state index contributed by atoms with van der Waals surface area (Å²) in [6, 6.07) is 0. The van der Waals surface area contributed by atoms with Gasteiger partial charge in [-0.25, -0.2) is 0 Å². The summed E-state index contributed by atoms with van der Waals surface area (Å²) in [4.78, 5) is 38.0. The Morgan fingerprint density at radius 1 is 0.313 bits per heavy atom. The Labute approximate surface area is 414 Å². The van der Waals surface area contributed by atoms with Crippen molar-refractivity contribution in [3.63, 3.8) is 0 Å². The van der Waals surface area contributed by atoms with Gasteiger partial charge in [0.1, 0.15) is 13.2 Å². The predicted octanol–water partition coefficient (Wildman–Crippen LogP) is 18.8. The maximum atomic E-state index is 12.8. The second-order valence-corrected chi connectivity index (χ2v) is 18.5. The molecule has 0 amide bonds. The topological polar surface area (TPSA) is 78.9 Å². The summed E-state index contributed by atoms with van der Waals surface area (Å²) in [5.74, 6) is -0.909. The van der Waals surface area contributed by atoms with Crippen LogP contribution >= 0.6 is 0 Å². The first-order valence-electron chi connectivity index (χ1n) is 28.1. The Morgan fingerprint density at radius 2 is 0.612 bits per heavy atom. The van der Waals surface area contributed by atoms with E-state index in [-0.39, 0.29) is 31.1 Å². The molecule has 67 heavy (non-hydrogen) atoms. The van der Waals surface area contributed by atoms with E-state index in [4.69, 9.17) is 14.2 Å². The zero-order valence-electron chi connectivity index (χ0n) is 43.9. The van der Waals surface area contributed by atoms with Gasteiger partial charge in [-0.2, -0.15) is 0 Å². The van der Waals surface area contributed by atoms with Crippen LogP contribution < -0.4 is 0 Å². The third-order valence-corrected chi connectivity index (χ3v) is 11.8. The van der Waals surface area contributed by atoms with Crippen LogP contribution in [0.15, 0.2) is 85.1 Å². The minimum atomic E-state index is -0.787. The van der Waals surface area contributed by atoms with Gasteiger partial charge >= 0.3 is 17.9 Å². The van der Waals surface area contributed by atoms with Crippen molar-refractivity contribution in [2.75, 3.05) is 13.2 Å². The van der Waals surface area contributed by atoms with E-state index >= 15 is 0 Å². The molecule has 0 saturated carbocycles. The molecular formula is C61H104O6. The molecule has 1 atom stereocenters. The fourth-order valence-electron chi connectivity index (χ4n) is 7.63. The zero-order valence-corrected chi connectivity index (χ0v) is 43.9. The Hall–Kier alpha value is -3.41. The molecule has 0 spiro atoms. The number of allylic oxidation sites excluding steroid dienone is 14. The van der Waals surface area contributed by atoms with E-state index in [1.54, 1.807) is 0 Å². The summed E-state index contributed by atoms with van der Waals surface area (Å²) in [6.07, 6.45) is 71.5. The fourth-order valence-corrected chi connectivity index (χ4v) is 7.63. The smallest absolute Gasteiger partial charge is 0.306 e. The van der Waals surface area contributed by atoms with Crippen LogP contribution in [0, 0.1) is 0 Å². The summed E-state index contributed by atoms with van der Waals surface area (Å²) >= 11 is 0. The second kappa shape index (κ2) is 55.2. The van der Waals surface area contributed by atoms with Crippen LogP contribution in [-0.2, 0) is 28.6 Å². The van der Waals surface area contributed by atoms with Crippen molar-refractivity contribution in [1.82, 2.24) is 0 Å². The molecule has 1 unspecified atom stereocenters. The number of hydrogen-bond acceptors (Lipinski definition) is 6. The highest BCUT2D eigenvalue weighted by atomic mass is 16.6. The normalized spacial score (nSPS) is 12.7. The summed E-state index contributed by atoms with van der Waals surface area (Å²) < 4.78 is 16.8. The second-order valence-electron chi connectivity index (χ2n) is 18.5. The average molecular weight is 933 g/mol. The quantitative estimate of drug-likeness (QED) is 0.0262. The van der Waals surface area contributed by atoms with E-state index in [2.05, 4.69) is 106 Å². The largest absolute Gasteiger partial charge is 0.462 e. The molecule has 384 valence electrons. The van der Waals surface area contributed by atoms with Gasteiger partial charge in [0, 0.05) is 19.3 Å². The lowest BCUT2D eigenvalue weighted by molar-refractivity contribution is -0.167. The molecule has 6 heteroatoms. The van der Waals surface area contributed by atoms with Gasteiger partial charge in [-0.1, -0.05) is 228 Å². The molecule has 0 aromatic carbocycles. The summed E-state index contributed by atoms with van der Waals surface area (Å²) in [7, 11) is 0. The lowest BCUT2D eigenvalue weighted by atomic mass is 10.0. The van der Waals surface area contributed by atoms with E-state index in [1.165, 1.54) is 103 Å². The van der Waals surface area contributed by atoms with E-state index in [9.17, 15) is 14.4 Å². The van der Waals surface area contributed by atoms with Gasteiger partial charge in [-0.15, -0.1) is 0 Å². The molecular weight excluding hydrogens is 829 g/mol. The summed E-state index contributed by atoms with van der Waals surface area (Å²) in [5.41, 5.74) is 0. The SMILES string of the molecule is CC/C=C\C/C=C\C/C=C\C/C=C\CCCCCCCCCCCCCCC(=O)OCC(COC(=O)CCCCCCC/C=C\CCCC)OC(=O)CCCCCCC/C=C\C/C=C\CCC. The molecule has 0 aliphatic carbocycles. The van der Waals surface area contributed by atoms with Crippen molar-refractivity contribution in [3.05, 3.63) is 85.1 Å². The summed E-state index contributed by atoms with van der Waals surface area (Å²) in [6.45, 7) is 6.41. The highest BCUT2D eigenvalue weighted by Gasteiger charge is 2.19. The Morgan fingerprint density at radius 3 is 0.985 bits per heavy atom. The van der Waals surface area contributed by atoms with Gasteiger partial charge in [0.2, 0.25) is 0 Å². The maximum Gasteiger partial charge on any atom is 0.306 e. The first-order chi connectivity index (χ1) is 33.0. The lowest BCUT2D eigenvalue weighted by Crippen LogP contribution is -2.30. The van der Waals surface area contributed by atoms with Crippen LogP contribution in [0.3, 0.4) is 0 Å². The summed E-state index contributed by atoms with van der Waals surface area (Å²) in [5, 5.41) is 0. The Kier molecular flexibility index (Phi) is 52.4. The number of rotatable bonds is 50. The Balaban J connectivity index is 4.25. The minimum absolute atomic E-state index is 0.0854. The number of carbonyl (C=O) groups is 3. The average Bonchev–Trinajstić information content (AvgIpc) is 3.33. The van der Waals surface area contributed by atoms with Crippen molar-refractivity contribution < 1.29 is 28.6 Å². The highest BCUT2D eigenvalue weighted by Crippen LogP contribution is 2.15. The molecule has 0 rings (SSSR count). The van der Waals surface area contributed by atoms with Crippen molar-refractivity contribution in [2.24, 2.45) is 0 Å². The van der Waals surface area contributed by atoms with Gasteiger partial charge < -0.3 is 14.2 Å². The van der Waals surface area contributed by atoms with Crippen LogP contribution in [0.5, 0.6) is 0 Å². The van der Waals surface area contributed by atoms with Crippen molar-refractivity contribution in [1.29, 1.82) is 0 Å². The molecule has 0 aromatic rings. The number of unbranched alkanes of at least 4 members (excludes halogenated alkanes) is 25. The van der Waals surface area contributed by atoms with Crippen LogP contribution in [-0.4, -0.2) is 37.2 Å². The number of hydrogen-bond donors (Lipinski definition) is 0. The van der Waals surface area contributed by atoms with Gasteiger partial charge in [0.15, 0.2) is 6.10 Å². The molecule has 0 N–H and O–H groups in total. The van der Waals surface area contributed by atoms with Crippen molar-refractivity contribution in [3.8, 4) is 0 Å². The van der Waals surface area contributed by atoms with E-state index in [0.29, 0.717) is 19.3 Å². The molecule has 0 heterocycles. The van der Waals surface area contributed by atoms with Crippen molar-refractivity contribution in [2.45, 2.75) is 271 Å². The van der Waals surface area contributed by atoms with E-state index in [0.717, 1.165) is 122 Å². The molecule has 0 fully saturated rings. The molecule has 0 bridgehead atoms. The number of carbonyl (C=O) groups excluding carboxylic acids is 3. The standard InChI is InChI=1S/C61H104O6/c1-4-7-10-13-16-19-22-24-25-26-27-28-29-30-31-32-33-34-35-37-39-42-45-48-51-54-60(63)66-57-58(56-65-59(62)53-50-47-44-41-38-21-18-15-12-9-6-3)67-61(64)55-52-49-46-43-40-36-23-20-17-14-11-8-5-2/h7,10-11,14-16,18-20,23-25,27-28,58H,4-6,8-9,12-13,17,21-22,26,29-57H2,1-3H3/b10-7-,14-11-,18-15-,19-16-,23-20-,25-24-,28-27-. The van der Waals surface area contributed by atoms with Crippen LogP contribution in [0.25, 0.3) is 0 Å². The Bertz CT molecular complexity index is 1300. The molecule has 0 saturated heterocycles. The van der Waals surface area contributed by atoms with E-state index in [1.807, 2.05) is 0 Å². The van der Waals surface area contributed by atoms with Crippen LogP contribution in [0.1, 0.15) is 265 Å². The minimum Gasteiger partial charge on any atom is -0.462 e. The van der Waals surface area contributed by atoms with E-state index < -0.39 is 6.10 Å². The maximum absolute atomic E-state index is 12.8.